The fourth-order valence-electron chi connectivity index (χ4n) is 3.21. The van der Waals surface area contributed by atoms with Crippen molar-refractivity contribution >= 4 is 33.4 Å². The summed E-state index contributed by atoms with van der Waals surface area (Å²) in [5.41, 5.74) is 2.22. The molecule has 0 aliphatic carbocycles. The first-order valence-electron chi connectivity index (χ1n) is 8.25. The van der Waals surface area contributed by atoms with Gasteiger partial charge in [-0.05, 0) is 24.3 Å². The van der Waals surface area contributed by atoms with E-state index in [1.54, 1.807) is 12.1 Å². The van der Waals surface area contributed by atoms with Gasteiger partial charge in [0.2, 0.25) is 0 Å². The molecule has 0 amide bonds. The van der Waals surface area contributed by atoms with Gasteiger partial charge in [-0.3, -0.25) is 0 Å². The van der Waals surface area contributed by atoms with Crippen molar-refractivity contribution < 1.29 is 9.84 Å². The van der Waals surface area contributed by atoms with E-state index in [1.807, 2.05) is 36.4 Å². The highest BCUT2D eigenvalue weighted by atomic mass is 35.5. The van der Waals surface area contributed by atoms with E-state index in [0.29, 0.717) is 17.3 Å². The lowest BCUT2D eigenvalue weighted by atomic mass is 10.2. The molecule has 4 heteroatoms. The molecule has 1 unspecified atom stereocenters. The number of aromatic nitrogens is 1. The van der Waals surface area contributed by atoms with Crippen LogP contribution in [0.1, 0.15) is 0 Å². The summed E-state index contributed by atoms with van der Waals surface area (Å²) in [6.45, 7) is 0.642. The van der Waals surface area contributed by atoms with Crippen LogP contribution in [0.5, 0.6) is 5.75 Å². The second kappa shape index (κ2) is 6.79. The first-order chi connectivity index (χ1) is 12.2. The normalized spacial score (nSPS) is 12.6. The lowest BCUT2D eigenvalue weighted by Gasteiger charge is -2.15. The molecule has 4 aromatic rings. The molecular formula is C21H18ClNO2. The molecule has 1 atom stereocenters. The average Bonchev–Trinajstić information content (AvgIpc) is 2.96. The van der Waals surface area contributed by atoms with Crippen LogP contribution in [0.3, 0.4) is 0 Å². The van der Waals surface area contributed by atoms with E-state index in [9.17, 15) is 5.11 Å². The fourth-order valence-corrected chi connectivity index (χ4v) is 3.40. The summed E-state index contributed by atoms with van der Waals surface area (Å²) in [5, 5.41) is 13.4. The van der Waals surface area contributed by atoms with E-state index in [1.165, 1.54) is 10.8 Å². The Hall–Kier alpha value is -2.49. The van der Waals surface area contributed by atoms with Crippen LogP contribution < -0.4 is 4.74 Å². The molecular weight excluding hydrogens is 334 g/mol. The Morgan fingerprint density at radius 1 is 0.840 bits per heavy atom. The van der Waals surface area contributed by atoms with Gasteiger partial charge >= 0.3 is 0 Å². The zero-order valence-corrected chi connectivity index (χ0v) is 14.4. The summed E-state index contributed by atoms with van der Waals surface area (Å²) in [4.78, 5) is 0. The SMILES string of the molecule is OC(COc1ccccc1Cl)Cn1c2ccccc2c2ccccc21. The fraction of sp³-hybridized carbons (Fsp3) is 0.143. The van der Waals surface area contributed by atoms with Gasteiger partial charge in [-0.25, -0.2) is 0 Å². The Morgan fingerprint density at radius 2 is 1.40 bits per heavy atom. The van der Waals surface area contributed by atoms with Crippen molar-refractivity contribution in [2.75, 3.05) is 6.61 Å². The van der Waals surface area contributed by atoms with Crippen molar-refractivity contribution in [1.29, 1.82) is 0 Å². The lowest BCUT2D eigenvalue weighted by molar-refractivity contribution is 0.0945. The molecule has 0 saturated carbocycles. The Balaban J connectivity index is 1.60. The van der Waals surface area contributed by atoms with Gasteiger partial charge in [0.1, 0.15) is 18.5 Å². The third-order valence-corrected chi connectivity index (χ3v) is 4.65. The van der Waals surface area contributed by atoms with E-state index < -0.39 is 6.10 Å². The largest absolute Gasteiger partial charge is 0.489 e. The van der Waals surface area contributed by atoms with Crippen LogP contribution in [0, 0.1) is 0 Å². The predicted octanol–water partition coefficient (Wildman–Crippen LogP) is 4.89. The van der Waals surface area contributed by atoms with E-state index in [4.69, 9.17) is 16.3 Å². The maximum atomic E-state index is 10.5. The molecule has 0 aliphatic rings. The molecule has 1 aromatic heterocycles. The van der Waals surface area contributed by atoms with Crippen molar-refractivity contribution in [3.8, 4) is 5.75 Å². The van der Waals surface area contributed by atoms with Crippen LogP contribution in [0.25, 0.3) is 21.8 Å². The minimum Gasteiger partial charge on any atom is -0.489 e. The van der Waals surface area contributed by atoms with Gasteiger partial charge in [-0.1, -0.05) is 60.1 Å². The number of rotatable bonds is 5. The predicted molar refractivity (Wildman–Crippen MR) is 102 cm³/mol. The number of ether oxygens (including phenoxy) is 1. The van der Waals surface area contributed by atoms with E-state index in [0.717, 1.165) is 11.0 Å². The molecule has 1 N–H and O–H groups in total. The van der Waals surface area contributed by atoms with Crippen LogP contribution in [0.4, 0.5) is 0 Å². The van der Waals surface area contributed by atoms with Crippen molar-refractivity contribution in [2.24, 2.45) is 0 Å². The van der Waals surface area contributed by atoms with Gasteiger partial charge in [0.15, 0.2) is 0 Å². The average molecular weight is 352 g/mol. The van der Waals surface area contributed by atoms with E-state index in [2.05, 4.69) is 28.8 Å². The number of hydrogen-bond acceptors (Lipinski definition) is 2. The van der Waals surface area contributed by atoms with Crippen LogP contribution in [-0.2, 0) is 6.54 Å². The number of para-hydroxylation sites is 3. The number of fused-ring (bicyclic) bond motifs is 3. The maximum Gasteiger partial charge on any atom is 0.138 e. The smallest absolute Gasteiger partial charge is 0.138 e. The highest BCUT2D eigenvalue weighted by Crippen LogP contribution is 2.29. The minimum atomic E-state index is -0.643. The third kappa shape index (κ3) is 3.09. The topological polar surface area (TPSA) is 34.4 Å². The summed E-state index contributed by atoms with van der Waals surface area (Å²) in [5.74, 6) is 0.588. The number of aliphatic hydroxyl groups excluding tert-OH is 1. The van der Waals surface area contributed by atoms with Crippen molar-refractivity contribution in [3.63, 3.8) is 0 Å². The zero-order chi connectivity index (χ0) is 17.2. The van der Waals surface area contributed by atoms with E-state index in [-0.39, 0.29) is 6.61 Å². The molecule has 25 heavy (non-hydrogen) atoms. The number of hydrogen-bond donors (Lipinski definition) is 1. The molecule has 1 heterocycles. The van der Waals surface area contributed by atoms with Gasteiger partial charge < -0.3 is 14.4 Å². The van der Waals surface area contributed by atoms with Crippen molar-refractivity contribution in [2.45, 2.75) is 12.6 Å². The number of benzene rings is 3. The molecule has 0 fully saturated rings. The van der Waals surface area contributed by atoms with Gasteiger partial charge in [0.05, 0.1) is 11.6 Å². The van der Waals surface area contributed by atoms with Crippen molar-refractivity contribution in [3.05, 3.63) is 77.8 Å². The molecule has 0 radical (unpaired) electrons. The van der Waals surface area contributed by atoms with Crippen LogP contribution in [0.15, 0.2) is 72.8 Å². The Kier molecular flexibility index (Phi) is 4.35. The summed E-state index contributed by atoms with van der Waals surface area (Å²) in [6.07, 6.45) is -0.643. The molecule has 4 rings (SSSR count). The van der Waals surface area contributed by atoms with Crippen molar-refractivity contribution in [1.82, 2.24) is 4.57 Å². The molecule has 0 aliphatic heterocycles. The second-order valence-electron chi connectivity index (χ2n) is 6.04. The highest BCUT2D eigenvalue weighted by molar-refractivity contribution is 6.32. The molecule has 3 nitrogen and oxygen atoms in total. The van der Waals surface area contributed by atoms with Gasteiger partial charge in [-0.2, -0.15) is 0 Å². The Bertz CT molecular complexity index is 971. The second-order valence-corrected chi connectivity index (χ2v) is 6.45. The lowest BCUT2D eigenvalue weighted by Crippen LogP contribution is -2.23. The molecule has 0 saturated heterocycles. The summed E-state index contributed by atoms with van der Waals surface area (Å²) >= 11 is 6.09. The first kappa shape index (κ1) is 16.0. The number of nitrogens with zero attached hydrogens (tertiary/aromatic N) is 1. The highest BCUT2D eigenvalue weighted by Gasteiger charge is 2.14. The first-order valence-corrected chi connectivity index (χ1v) is 8.63. The Morgan fingerprint density at radius 3 is 2.04 bits per heavy atom. The van der Waals surface area contributed by atoms with Gasteiger partial charge in [0, 0.05) is 21.8 Å². The van der Waals surface area contributed by atoms with Crippen LogP contribution in [-0.4, -0.2) is 22.4 Å². The zero-order valence-electron chi connectivity index (χ0n) is 13.6. The summed E-state index contributed by atoms with van der Waals surface area (Å²) < 4.78 is 7.82. The molecule has 0 bridgehead atoms. The summed E-state index contributed by atoms with van der Waals surface area (Å²) in [7, 11) is 0. The Labute approximate surface area is 151 Å². The molecule has 126 valence electrons. The minimum absolute atomic E-state index is 0.185. The maximum absolute atomic E-state index is 10.5. The standard InChI is InChI=1S/C21H18ClNO2/c22-18-9-3-6-12-21(18)25-14-15(24)13-23-19-10-4-1-7-16(19)17-8-2-5-11-20(17)23/h1-12,15,24H,13-14H2. The van der Waals surface area contributed by atoms with Crippen LogP contribution in [0.2, 0.25) is 5.02 Å². The van der Waals surface area contributed by atoms with Crippen LogP contribution >= 0.6 is 11.6 Å². The quantitative estimate of drug-likeness (QED) is 0.555. The number of aliphatic hydroxyl groups is 1. The molecule has 0 spiro atoms. The van der Waals surface area contributed by atoms with E-state index >= 15 is 0 Å². The number of halogens is 1. The van der Waals surface area contributed by atoms with Gasteiger partial charge in [0.25, 0.3) is 0 Å². The summed E-state index contributed by atoms with van der Waals surface area (Å²) in [6, 6.07) is 23.8. The third-order valence-electron chi connectivity index (χ3n) is 4.34. The molecule has 3 aromatic carbocycles. The monoisotopic (exact) mass is 351 g/mol. The van der Waals surface area contributed by atoms with Gasteiger partial charge in [-0.15, -0.1) is 0 Å².